The van der Waals surface area contributed by atoms with Crippen LogP contribution in [0.15, 0.2) is 12.1 Å². The number of nitrogens with zero attached hydrogens (tertiary/aromatic N) is 2. The zero-order valence-electron chi connectivity index (χ0n) is 10.3. The Labute approximate surface area is 111 Å². The molecule has 2 heterocycles. The second-order valence-electron chi connectivity index (χ2n) is 4.12. The van der Waals surface area contributed by atoms with E-state index in [1.54, 1.807) is 6.07 Å². The molecular weight excluding hydrogens is 254 g/mol. The number of methoxy groups -OCH3 is 1. The Hall–Kier alpha value is -1.33. The van der Waals surface area contributed by atoms with Gasteiger partial charge in [0.1, 0.15) is 11.0 Å². The molecule has 6 heteroatoms. The van der Waals surface area contributed by atoms with Gasteiger partial charge in [-0.2, -0.15) is 0 Å². The van der Waals surface area contributed by atoms with Crippen LogP contribution in [0.2, 0.25) is 5.15 Å². The number of ether oxygens (including phenoxy) is 1. The van der Waals surface area contributed by atoms with E-state index in [0.717, 1.165) is 38.4 Å². The summed E-state index contributed by atoms with van der Waals surface area (Å²) in [7, 11) is 1.35. The molecule has 0 radical (unpaired) electrons. The van der Waals surface area contributed by atoms with Crippen molar-refractivity contribution >= 4 is 23.4 Å². The maximum absolute atomic E-state index is 11.5. The molecule has 1 saturated heterocycles. The molecule has 0 atom stereocenters. The van der Waals surface area contributed by atoms with Gasteiger partial charge in [0.15, 0.2) is 0 Å². The molecule has 1 N–H and O–H groups in total. The minimum atomic E-state index is -0.395. The van der Waals surface area contributed by atoms with Crippen LogP contribution in [0.25, 0.3) is 0 Å². The summed E-state index contributed by atoms with van der Waals surface area (Å²) in [5.41, 5.74) is 0.435. The van der Waals surface area contributed by atoms with E-state index in [1.807, 2.05) is 0 Å². The largest absolute Gasteiger partial charge is 0.465 e. The van der Waals surface area contributed by atoms with Crippen LogP contribution in [-0.4, -0.2) is 44.2 Å². The van der Waals surface area contributed by atoms with E-state index in [4.69, 9.17) is 16.3 Å². The molecule has 1 aliphatic heterocycles. The van der Waals surface area contributed by atoms with Gasteiger partial charge >= 0.3 is 5.97 Å². The van der Waals surface area contributed by atoms with Crippen LogP contribution >= 0.6 is 11.6 Å². The Balaban J connectivity index is 2.26. The highest BCUT2D eigenvalue weighted by Crippen LogP contribution is 2.19. The quantitative estimate of drug-likeness (QED) is 0.648. The van der Waals surface area contributed by atoms with E-state index < -0.39 is 5.97 Å². The molecule has 1 aliphatic rings. The lowest BCUT2D eigenvalue weighted by molar-refractivity contribution is 0.0600. The molecule has 5 nitrogen and oxygen atoms in total. The lowest BCUT2D eigenvalue weighted by atomic mass is 10.2. The highest BCUT2D eigenvalue weighted by atomic mass is 35.5. The van der Waals surface area contributed by atoms with Crippen molar-refractivity contribution < 1.29 is 9.53 Å². The average molecular weight is 270 g/mol. The van der Waals surface area contributed by atoms with Crippen LogP contribution < -0.4 is 10.2 Å². The Kier molecular flexibility index (Phi) is 4.38. The van der Waals surface area contributed by atoms with Gasteiger partial charge in [-0.1, -0.05) is 11.6 Å². The van der Waals surface area contributed by atoms with Crippen LogP contribution in [-0.2, 0) is 4.74 Å². The number of anilines is 1. The van der Waals surface area contributed by atoms with Crippen molar-refractivity contribution in [1.82, 2.24) is 10.3 Å². The van der Waals surface area contributed by atoms with Gasteiger partial charge in [-0.05, 0) is 25.1 Å². The summed E-state index contributed by atoms with van der Waals surface area (Å²) in [5, 5.41) is 3.63. The van der Waals surface area contributed by atoms with E-state index in [-0.39, 0.29) is 0 Å². The van der Waals surface area contributed by atoms with Gasteiger partial charge in [-0.3, -0.25) is 0 Å². The number of carbonyl (C=O) groups is 1. The lowest BCUT2D eigenvalue weighted by Crippen LogP contribution is -2.28. The van der Waals surface area contributed by atoms with Gasteiger partial charge in [0.2, 0.25) is 0 Å². The number of aromatic nitrogens is 1. The molecule has 1 aromatic rings. The number of pyridine rings is 1. The first-order valence-electron chi connectivity index (χ1n) is 5.92. The molecule has 0 bridgehead atoms. The molecule has 0 amide bonds. The minimum absolute atomic E-state index is 0.310. The molecule has 1 aromatic heterocycles. The number of nitrogens with one attached hydrogen (secondary N) is 1. The van der Waals surface area contributed by atoms with Gasteiger partial charge in [-0.15, -0.1) is 0 Å². The first-order valence-corrected chi connectivity index (χ1v) is 6.30. The van der Waals surface area contributed by atoms with Crippen molar-refractivity contribution in [3.63, 3.8) is 0 Å². The van der Waals surface area contributed by atoms with Crippen molar-refractivity contribution in [3.8, 4) is 0 Å². The fourth-order valence-corrected chi connectivity index (χ4v) is 2.16. The van der Waals surface area contributed by atoms with Gasteiger partial charge < -0.3 is 15.0 Å². The fraction of sp³-hybridized carbons (Fsp3) is 0.500. The number of halogens is 1. The van der Waals surface area contributed by atoms with Crippen LogP contribution in [0, 0.1) is 0 Å². The maximum atomic E-state index is 11.5. The molecule has 1 fully saturated rings. The van der Waals surface area contributed by atoms with E-state index in [9.17, 15) is 4.79 Å². The molecule has 0 unspecified atom stereocenters. The SMILES string of the molecule is COC(=O)c1cc(Cl)nc(N2CCCNCC2)c1. The summed E-state index contributed by atoms with van der Waals surface area (Å²) < 4.78 is 4.70. The second kappa shape index (κ2) is 6.02. The van der Waals surface area contributed by atoms with E-state index >= 15 is 0 Å². The monoisotopic (exact) mass is 269 g/mol. The standard InChI is InChI=1S/C12H16ClN3O2/c1-18-12(17)9-7-10(13)15-11(8-9)16-5-2-3-14-4-6-16/h7-8,14H,2-6H2,1H3. The van der Waals surface area contributed by atoms with Gasteiger partial charge in [-0.25, -0.2) is 9.78 Å². The van der Waals surface area contributed by atoms with E-state index in [2.05, 4.69) is 15.2 Å². The third kappa shape index (κ3) is 3.11. The zero-order chi connectivity index (χ0) is 13.0. The summed E-state index contributed by atoms with van der Waals surface area (Å²) in [6.07, 6.45) is 1.04. The highest BCUT2D eigenvalue weighted by Gasteiger charge is 2.15. The third-order valence-electron chi connectivity index (χ3n) is 2.87. The van der Waals surface area contributed by atoms with Gasteiger partial charge in [0.25, 0.3) is 0 Å². The minimum Gasteiger partial charge on any atom is -0.465 e. The van der Waals surface area contributed by atoms with Crippen LogP contribution in [0.3, 0.4) is 0 Å². The molecular formula is C12H16ClN3O2. The number of hydrogen-bond donors (Lipinski definition) is 1. The molecule has 18 heavy (non-hydrogen) atoms. The van der Waals surface area contributed by atoms with Crippen LogP contribution in [0.5, 0.6) is 0 Å². The van der Waals surface area contributed by atoms with Crippen molar-refractivity contribution in [3.05, 3.63) is 22.8 Å². The highest BCUT2D eigenvalue weighted by molar-refractivity contribution is 6.29. The predicted octanol–water partition coefficient (Wildman–Crippen LogP) is 1.32. The van der Waals surface area contributed by atoms with Crippen molar-refractivity contribution in [2.75, 3.05) is 38.2 Å². The molecule has 98 valence electrons. The second-order valence-corrected chi connectivity index (χ2v) is 4.51. The first kappa shape index (κ1) is 13.1. The third-order valence-corrected chi connectivity index (χ3v) is 3.06. The molecule has 0 saturated carbocycles. The summed E-state index contributed by atoms with van der Waals surface area (Å²) >= 11 is 5.95. The zero-order valence-corrected chi connectivity index (χ0v) is 11.0. The maximum Gasteiger partial charge on any atom is 0.338 e. The summed E-state index contributed by atoms with van der Waals surface area (Å²) in [5.74, 6) is 0.333. The Morgan fingerprint density at radius 3 is 3.06 bits per heavy atom. The topological polar surface area (TPSA) is 54.5 Å². The van der Waals surface area contributed by atoms with E-state index in [0.29, 0.717) is 10.7 Å². The van der Waals surface area contributed by atoms with Crippen molar-refractivity contribution in [1.29, 1.82) is 0 Å². The van der Waals surface area contributed by atoms with E-state index in [1.165, 1.54) is 13.2 Å². The molecule has 0 spiro atoms. The summed E-state index contributed by atoms with van der Waals surface area (Å²) in [6.45, 7) is 3.66. The number of carbonyl (C=O) groups excluding carboxylic acids is 1. The predicted molar refractivity (Wildman–Crippen MR) is 70.3 cm³/mol. The normalized spacial score (nSPS) is 16.2. The smallest absolute Gasteiger partial charge is 0.338 e. The number of rotatable bonds is 2. The summed E-state index contributed by atoms with van der Waals surface area (Å²) in [4.78, 5) is 17.9. The lowest BCUT2D eigenvalue weighted by Gasteiger charge is -2.21. The Bertz CT molecular complexity index is 431. The molecule has 0 aliphatic carbocycles. The van der Waals surface area contributed by atoms with Crippen molar-refractivity contribution in [2.24, 2.45) is 0 Å². The number of hydrogen-bond acceptors (Lipinski definition) is 5. The number of esters is 1. The summed E-state index contributed by atoms with van der Waals surface area (Å²) in [6, 6.07) is 3.25. The first-order chi connectivity index (χ1) is 8.70. The Morgan fingerprint density at radius 1 is 1.44 bits per heavy atom. The van der Waals surface area contributed by atoms with Crippen LogP contribution in [0.4, 0.5) is 5.82 Å². The van der Waals surface area contributed by atoms with Crippen LogP contribution in [0.1, 0.15) is 16.8 Å². The molecule has 2 rings (SSSR count). The van der Waals surface area contributed by atoms with Gasteiger partial charge in [0, 0.05) is 19.6 Å². The Morgan fingerprint density at radius 2 is 2.28 bits per heavy atom. The average Bonchev–Trinajstić information content (AvgIpc) is 2.66. The fourth-order valence-electron chi connectivity index (χ4n) is 1.96. The van der Waals surface area contributed by atoms with Gasteiger partial charge in [0.05, 0.1) is 12.7 Å². The van der Waals surface area contributed by atoms with Crippen molar-refractivity contribution in [2.45, 2.75) is 6.42 Å². The molecule has 0 aromatic carbocycles.